The molecule has 12 rings (SSSR count). The standard InChI is InChI=1S/C54H33NO2/c1-2-13-33(14-3-1)35-26-30-48(47-31-36-16-5-6-17-37(36)39-19-8-9-20-40(39)47)55-49(32-35)45-29-28-44(54-51(45)46-21-10-11-24-50(46)56-54)42-23-12-22-41-43-27-25-34-15-4-7-18-38(34)52(43)57-53(41)42/h1-25,27-32H,26H2. The van der Waals surface area contributed by atoms with E-state index in [-0.39, 0.29) is 0 Å². The average molecular weight is 728 g/mol. The third kappa shape index (κ3) is 4.96. The van der Waals surface area contributed by atoms with Gasteiger partial charge >= 0.3 is 0 Å². The largest absolute Gasteiger partial charge is 0.455 e. The van der Waals surface area contributed by atoms with Crippen LogP contribution in [-0.4, -0.2) is 5.71 Å². The smallest absolute Gasteiger partial charge is 0.144 e. The summed E-state index contributed by atoms with van der Waals surface area (Å²) in [6.07, 6.45) is 5.32. The predicted molar refractivity (Wildman–Crippen MR) is 239 cm³/mol. The molecule has 0 spiro atoms. The molecule has 2 aromatic heterocycles. The number of para-hydroxylation sites is 2. The molecular weight excluding hydrogens is 695 g/mol. The van der Waals surface area contributed by atoms with Crippen LogP contribution in [-0.2, 0) is 0 Å². The van der Waals surface area contributed by atoms with E-state index in [0.717, 1.165) is 94.7 Å². The van der Waals surface area contributed by atoms with Gasteiger partial charge in [-0.25, -0.2) is 4.99 Å². The first kappa shape index (κ1) is 31.8. The lowest BCUT2D eigenvalue weighted by Crippen LogP contribution is -2.00. The van der Waals surface area contributed by atoms with Crippen molar-refractivity contribution >= 4 is 93.2 Å². The summed E-state index contributed by atoms with van der Waals surface area (Å²) < 4.78 is 13.7. The van der Waals surface area contributed by atoms with Gasteiger partial charge < -0.3 is 8.83 Å². The van der Waals surface area contributed by atoms with E-state index >= 15 is 0 Å². The zero-order valence-electron chi connectivity index (χ0n) is 30.9. The number of hydrogen-bond acceptors (Lipinski definition) is 3. The Bertz CT molecular complexity index is 3540. The summed E-state index contributed by atoms with van der Waals surface area (Å²) >= 11 is 0. The third-order valence-electron chi connectivity index (χ3n) is 11.7. The Hall–Kier alpha value is -7.49. The van der Waals surface area contributed by atoms with Gasteiger partial charge in [0.05, 0.1) is 11.4 Å². The molecule has 0 unspecified atom stereocenters. The number of benzene rings is 9. The number of nitrogens with zero attached hydrogens (tertiary/aromatic N) is 1. The van der Waals surface area contributed by atoms with Crippen molar-refractivity contribution in [3.05, 3.63) is 205 Å². The summed E-state index contributed by atoms with van der Waals surface area (Å²) in [5.41, 5.74) is 11.8. The van der Waals surface area contributed by atoms with Gasteiger partial charge in [-0.05, 0) is 74.8 Å². The molecule has 0 bridgehead atoms. The second-order valence-corrected chi connectivity index (χ2v) is 14.9. The first-order valence-corrected chi connectivity index (χ1v) is 19.5. The van der Waals surface area contributed by atoms with Crippen LogP contribution in [0.4, 0.5) is 0 Å². The molecule has 11 aromatic rings. The van der Waals surface area contributed by atoms with E-state index in [0.29, 0.717) is 0 Å². The van der Waals surface area contributed by atoms with E-state index in [1.807, 2.05) is 6.07 Å². The monoisotopic (exact) mass is 727 g/mol. The van der Waals surface area contributed by atoms with E-state index in [1.165, 1.54) is 32.7 Å². The van der Waals surface area contributed by atoms with Crippen LogP contribution >= 0.6 is 0 Å². The molecule has 0 radical (unpaired) electrons. The highest BCUT2D eigenvalue weighted by atomic mass is 16.3. The highest BCUT2D eigenvalue weighted by molar-refractivity contribution is 6.27. The summed E-state index contributed by atoms with van der Waals surface area (Å²) in [5.74, 6) is 0. The Morgan fingerprint density at radius 2 is 1.07 bits per heavy atom. The lowest BCUT2D eigenvalue weighted by atomic mass is 9.93. The Kier molecular flexibility index (Phi) is 6.99. The molecule has 3 heterocycles. The number of allylic oxidation sites excluding steroid dienone is 3. The van der Waals surface area contributed by atoms with Gasteiger partial charge in [0.2, 0.25) is 0 Å². The summed E-state index contributed by atoms with van der Waals surface area (Å²) in [7, 11) is 0. The zero-order valence-corrected chi connectivity index (χ0v) is 30.9. The SMILES string of the molecule is C1=C(c2ccccc2)CC=C(c2cc3ccccc3c3ccccc23)N=C1c1ccc(-c2cccc3c2oc2c4ccccc4ccc32)c2oc3ccccc3c12. The maximum Gasteiger partial charge on any atom is 0.144 e. The molecule has 57 heavy (non-hydrogen) atoms. The Labute approximate surface area is 328 Å². The molecule has 0 saturated carbocycles. The van der Waals surface area contributed by atoms with Crippen molar-refractivity contribution in [2.75, 3.05) is 0 Å². The van der Waals surface area contributed by atoms with Gasteiger partial charge in [-0.15, -0.1) is 0 Å². The minimum Gasteiger partial charge on any atom is -0.455 e. The number of rotatable bonds is 4. The zero-order chi connectivity index (χ0) is 37.5. The Morgan fingerprint density at radius 1 is 0.404 bits per heavy atom. The molecule has 0 N–H and O–H groups in total. The van der Waals surface area contributed by atoms with E-state index in [4.69, 9.17) is 13.8 Å². The third-order valence-corrected chi connectivity index (χ3v) is 11.7. The second-order valence-electron chi connectivity index (χ2n) is 14.9. The van der Waals surface area contributed by atoms with E-state index in [2.05, 4.69) is 182 Å². The minimum atomic E-state index is 0.740. The van der Waals surface area contributed by atoms with Crippen molar-refractivity contribution in [1.29, 1.82) is 0 Å². The molecular formula is C54H33NO2. The molecule has 3 heteroatoms. The summed E-state index contributed by atoms with van der Waals surface area (Å²) in [6, 6.07) is 62.3. The van der Waals surface area contributed by atoms with Crippen LogP contribution < -0.4 is 0 Å². The van der Waals surface area contributed by atoms with Gasteiger partial charge in [-0.3, -0.25) is 0 Å². The van der Waals surface area contributed by atoms with Crippen LogP contribution in [0.5, 0.6) is 0 Å². The lowest BCUT2D eigenvalue weighted by Gasteiger charge is -2.13. The van der Waals surface area contributed by atoms with Crippen molar-refractivity contribution in [1.82, 2.24) is 0 Å². The molecule has 1 aliphatic rings. The number of aliphatic imine (C=N–C) groups is 1. The predicted octanol–water partition coefficient (Wildman–Crippen LogP) is 14.9. The topological polar surface area (TPSA) is 38.6 Å². The van der Waals surface area contributed by atoms with Gasteiger partial charge in [0.25, 0.3) is 0 Å². The van der Waals surface area contributed by atoms with Gasteiger partial charge in [0.1, 0.15) is 22.3 Å². The lowest BCUT2D eigenvalue weighted by molar-refractivity contribution is 0.666. The summed E-state index contributed by atoms with van der Waals surface area (Å²) in [5, 5.41) is 11.4. The quantitative estimate of drug-likeness (QED) is 0.169. The van der Waals surface area contributed by atoms with Gasteiger partial charge in [0.15, 0.2) is 0 Å². The van der Waals surface area contributed by atoms with Crippen molar-refractivity contribution < 1.29 is 8.83 Å². The van der Waals surface area contributed by atoms with Gasteiger partial charge in [0, 0.05) is 49.2 Å². The molecule has 266 valence electrons. The fourth-order valence-electron chi connectivity index (χ4n) is 9.06. The van der Waals surface area contributed by atoms with Crippen LogP contribution in [0.3, 0.4) is 0 Å². The number of fused-ring (bicyclic) bond motifs is 11. The first-order chi connectivity index (χ1) is 28.3. The normalized spacial score (nSPS) is 13.5. The fraction of sp³-hybridized carbons (Fsp3) is 0.0185. The van der Waals surface area contributed by atoms with E-state index in [1.54, 1.807) is 0 Å². The van der Waals surface area contributed by atoms with Crippen LogP contribution in [0.25, 0.3) is 98.6 Å². The summed E-state index contributed by atoms with van der Waals surface area (Å²) in [4.78, 5) is 5.64. The van der Waals surface area contributed by atoms with Crippen LogP contribution in [0.15, 0.2) is 202 Å². The Balaban J connectivity index is 1.12. The molecule has 1 aliphatic heterocycles. The van der Waals surface area contributed by atoms with Crippen molar-refractivity contribution in [3.63, 3.8) is 0 Å². The molecule has 0 aliphatic carbocycles. The van der Waals surface area contributed by atoms with Crippen molar-refractivity contribution in [3.8, 4) is 11.1 Å². The van der Waals surface area contributed by atoms with E-state index < -0.39 is 0 Å². The maximum absolute atomic E-state index is 6.89. The maximum atomic E-state index is 6.89. The molecule has 0 fully saturated rings. The molecule has 0 amide bonds. The van der Waals surface area contributed by atoms with Crippen LogP contribution in [0.1, 0.15) is 23.1 Å². The minimum absolute atomic E-state index is 0.740. The van der Waals surface area contributed by atoms with Crippen LogP contribution in [0, 0.1) is 0 Å². The van der Waals surface area contributed by atoms with Crippen LogP contribution in [0.2, 0.25) is 0 Å². The highest BCUT2D eigenvalue weighted by Crippen LogP contribution is 2.44. The van der Waals surface area contributed by atoms with Crippen molar-refractivity contribution in [2.45, 2.75) is 6.42 Å². The highest BCUT2D eigenvalue weighted by Gasteiger charge is 2.23. The number of furan rings is 2. The average Bonchev–Trinajstić information content (AvgIpc) is 3.78. The molecule has 9 aromatic carbocycles. The summed E-state index contributed by atoms with van der Waals surface area (Å²) in [6.45, 7) is 0. The fourth-order valence-corrected chi connectivity index (χ4v) is 9.06. The van der Waals surface area contributed by atoms with Gasteiger partial charge in [-0.1, -0.05) is 158 Å². The molecule has 3 nitrogen and oxygen atoms in total. The van der Waals surface area contributed by atoms with E-state index in [9.17, 15) is 0 Å². The van der Waals surface area contributed by atoms with Gasteiger partial charge in [-0.2, -0.15) is 0 Å². The second kappa shape index (κ2) is 12.5. The molecule has 0 atom stereocenters. The Morgan fingerprint density at radius 3 is 1.95 bits per heavy atom. The first-order valence-electron chi connectivity index (χ1n) is 19.5. The molecule has 0 saturated heterocycles. The number of hydrogen-bond donors (Lipinski definition) is 0. The van der Waals surface area contributed by atoms with Crippen molar-refractivity contribution in [2.24, 2.45) is 4.99 Å².